The van der Waals surface area contributed by atoms with Gasteiger partial charge in [-0.05, 0) is 79.5 Å². The Bertz CT molecular complexity index is 2030. The first-order valence-electron chi connectivity index (χ1n) is 18.0. The van der Waals surface area contributed by atoms with E-state index < -0.39 is 6.04 Å². The number of benzene rings is 4. The molecule has 2 atom stereocenters. The summed E-state index contributed by atoms with van der Waals surface area (Å²) in [4.78, 5) is 64.6. The molecule has 2 fully saturated rings. The average Bonchev–Trinajstić information content (AvgIpc) is 3.94. The minimum atomic E-state index is -0.412. The number of anilines is 1. The van der Waals surface area contributed by atoms with Crippen LogP contribution >= 0.6 is 0 Å². The van der Waals surface area contributed by atoms with Gasteiger partial charge in [0, 0.05) is 43.6 Å². The maximum absolute atomic E-state index is 13.5. The Balaban J connectivity index is 0.967. The molecular formula is C42H43N5O4. The molecule has 51 heavy (non-hydrogen) atoms. The second-order valence-corrected chi connectivity index (χ2v) is 13.6. The van der Waals surface area contributed by atoms with E-state index in [-0.39, 0.29) is 36.0 Å². The van der Waals surface area contributed by atoms with Gasteiger partial charge in [-0.1, -0.05) is 78.9 Å². The van der Waals surface area contributed by atoms with E-state index in [1.807, 2.05) is 103 Å². The Hall–Kier alpha value is -5.57. The van der Waals surface area contributed by atoms with E-state index in [0.29, 0.717) is 63.1 Å². The van der Waals surface area contributed by atoms with Gasteiger partial charge < -0.3 is 20.1 Å². The summed E-state index contributed by atoms with van der Waals surface area (Å²) in [5.41, 5.74) is 6.09. The third-order valence-corrected chi connectivity index (χ3v) is 10.1. The lowest BCUT2D eigenvalue weighted by molar-refractivity contribution is -0.137. The number of H-pyrrole nitrogens is 1. The third-order valence-electron chi connectivity index (χ3n) is 10.1. The maximum Gasteiger partial charge on any atom is 0.322 e. The highest BCUT2D eigenvalue weighted by Crippen LogP contribution is 2.27. The Labute approximate surface area is 298 Å². The molecule has 1 unspecified atom stereocenters. The van der Waals surface area contributed by atoms with E-state index in [4.69, 9.17) is 4.98 Å². The zero-order valence-corrected chi connectivity index (χ0v) is 28.7. The summed E-state index contributed by atoms with van der Waals surface area (Å²) in [5.74, 6) is 0.831. The van der Waals surface area contributed by atoms with Crippen molar-refractivity contribution < 1.29 is 19.2 Å². The van der Waals surface area contributed by atoms with E-state index in [9.17, 15) is 19.2 Å². The molecule has 9 heteroatoms. The summed E-state index contributed by atoms with van der Waals surface area (Å²) in [6.07, 6.45) is 5.39. The van der Waals surface area contributed by atoms with Crippen LogP contribution in [-0.2, 0) is 33.6 Å². The van der Waals surface area contributed by atoms with Crippen molar-refractivity contribution in [2.24, 2.45) is 0 Å². The normalized spacial score (nSPS) is 17.2. The molecule has 9 nitrogen and oxygen atoms in total. The number of hydrogen-bond acceptors (Lipinski definition) is 5. The molecule has 2 saturated heterocycles. The lowest BCUT2D eigenvalue weighted by Crippen LogP contribution is -2.43. The summed E-state index contributed by atoms with van der Waals surface area (Å²) in [6.45, 7) is 1.17. The standard InChI is InChI=1S/C42H43N5O4/c48-38(22-19-29-10-3-1-4-11-29)36-16-9-25-47(36)42(51)43-33-15-7-14-32(28-33)41-44-34-21-18-31(26-35(34)45-41)27-39(49)37-17-8-24-46(37)40(50)23-20-30-12-5-2-6-13-30/h1-7,10-15,18,21,26,28,36-37H,8-9,16-17,19-20,22-25,27H2,(H,43,51)(H,44,45)/t36?,37-/m0/s1. The Morgan fingerprint density at radius 3 is 2.08 bits per heavy atom. The van der Waals surface area contributed by atoms with Gasteiger partial charge in [0.25, 0.3) is 0 Å². The molecule has 3 amide bonds. The van der Waals surface area contributed by atoms with Crippen LogP contribution in [0.25, 0.3) is 22.4 Å². The summed E-state index contributed by atoms with van der Waals surface area (Å²) < 4.78 is 0. The molecule has 0 bridgehead atoms. The molecule has 1 aromatic heterocycles. The molecule has 3 heterocycles. The minimum Gasteiger partial charge on any atom is -0.338 e. The first-order chi connectivity index (χ1) is 24.9. The monoisotopic (exact) mass is 681 g/mol. The van der Waals surface area contributed by atoms with Crippen molar-refractivity contribution in [2.45, 2.75) is 69.9 Å². The van der Waals surface area contributed by atoms with Crippen molar-refractivity contribution >= 4 is 40.2 Å². The molecule has 2 aliphatic rings. The number of nitrogens with zero attached hydrogens (tertiary/aromatic N) is 3. The number of aromatic amines is 1. The fourth-order valence-corrected chi connectivity index (χ4v) is 7.42. The van der Waals surface area contributed by atoms with Crippen molar-refractivity contribution in [3.05, 3.63) is 120 Å². The summed E-state index contributed by atoms with van der Waals surface area (Å²) in [5, 5.41) is 3.00. The molecule has 0 saturated carbocycles. The van der Waals surface area contributed by atoms with Gasteiger partial charge in [0.1, 0.15) is 5.82 Å². The third kappa shape index (κ3) is 8.09. The quantitative estimate of drug-likeness (QED) is 0.145. The Morgan fingerprint density at radius 2 is 1.35 bits per heavy atom. The van der Waals surface area contributed by atoms with E-state index in [0.717, 1.165) is 46.1 Å². The number of ketones is 2. The number of fused-ring (bicyclic) bond motifs is 1. The predicted molar refractivity (Wildman–Crippen MR) is 198 cm³/mol. The fourth-order valence-electron chi connectivity index (χ4n) is 7.42. The van der Waals surface area contributed by atoms with Crippen LogP contribution in [0.2, 0.25) is 0 Å². The van der Waals surface area contributed by atoms with E-state index in [1.165, 1.54) is 0 Å². The highest BCUT2D eigenvalue weighted by Gasteiger charge is 2.34. The first-order valence-corrected chi connectivity index (χ1v) is 18.0. The van der Waals surface area contributed by atoms with Crippen LogP contribution in [0.15, 0.2) is 103 Å². The van der Waals surface area contributed by atoms with Gasteiger partial charge in [0.2, 0.25) is 5.91 Å². The molecule has 260 valence electrons. The largest absolute Gasteiger partial charge is 0.338 e. The molecule has 2 aliphatic heterocycles. The SMILES string of the molecule is O=C(CCc1ccccc1)C1CCCN1C(=O)Nc1cccc(-c2nc3ccc(CC(=O)[C@@H]4CCCN4C(=O)CCc4ccccc4)cc3[nH]2)c1. The number of urea groups is 1. The zero-order chi connectivity index (χ0) is 35.2. The number of imidazole rings is 1. The summed E-state index contributed by atoms with van der Waals surface area (Å²) >= 11 is 0. The van der Waals surface area contributed by atoms with Gasteiger partial charge in [-0.3, -0.25) is 14.4 Å². The number of rotatable bonds is 12. The number of aromatic nitrogens is 2. The van der Waals surface area contributed by atoms with Crippen LogP contribution < -0.4 is 5.32 Å². The molecule has 0 aliphatic carbocycles. The highest BCUT2D eigenvalue weighted by molar-refractivity contribution is 5.95. The molecule has 0 radical (unpaired) electrons. The number of aryl methyl sites for hydroxylation is 2. The van der Waals surface area contributed by atoms with Gasteiger partial charge >= 0.3 is 6.03 Å². The smallest absolute Gasteiger partial charge is 0.322 e. The maximum atomic E-state index is 13.5. The average molecular weight is 682 g/mol. The van der Waals surface area contributed by atoms with Crippen molar-refractivity contribution in [1.29, 1.82) is 0 Å². The molecular weight excluding hydrogens is 638 g/mol. The zero-order valence-electron chi connectivity index (χ0n) is 28.7. The van der Waals surface area contributed by atoms with Gasteiger partial charge in [-0.2, -0.15) is 0 Å². The van der Waals surface area contributed by atoms with Crippen molar-refractivity contribution in [3.63, 3.8) is 0 Å². The molecule has 5 aromatic rings. The fraction of sp³-hybridized carbons (Fsp3) is 0.310. The topological polar surface area (TPSA) is 115 Å². The summed E-state index contributed by atoms with van der Waals surface area (Å²) in [7, 11) is 0. The molecule has 2 N–H and O–H groups in total. The second-order valence-electron chi connectivity index (χ2n) is 13.6. The first kappa shape index (κ1) is 33.9. The van der Waals surface area contributed by atoms with Crippen molar-refractivity contribution in [2.75, 3.05) is 18.4 Å². The van der Waals surface area contributed by atoms with Crippen LogP contribution in [-0.4, -0.2) is 68.4 Å². The number of nitrogens with one attached hydrogen (secondary N) is 2. The summed E-state index contributed by atoms with van der Waals surface area (Å²) in [6, 6.07) is 32.1. The predicted octanol–water partition coefficient (Wildman–Crippen LogP) is 7.16. The van der Waals surface area contributed by atoms with E-state index >= 15 is 0 Å². The number of likely N-dealkylation sites (tertiary alicyclic amines) is 2. The second kappa shape index (κ2) is 15.5. The Kier molecular flexibility index (Phi) is 10.3. The van der Waals surface area contributed by atoms with Gasteiger partial charge in [0.05, 0.1) is 23.1 Å². The van der Waals surface area contributed by atoms with E-state index in [1.54, 1.807) is 9.80 Å². The van der Waals surface area contributed by atoms with Gasteiger partial charge in [0.15, 0.2) is 11.6 Å². The van der Waals surface area contributed by atoms with Crippen molar-refractivity contribution in [1.82, 2.24) is 19.8 Å². The Morgan fingerprint density at radius 1 is 0.686 bits per heavy atom. The minimum absolute atomic E-state index is 0.0364. The van der Waals surface area contributed by atoms with Crippen molar-refractivity contribution in [3.8, 4) is 11.4 Å². The van der Waals surface area contributed by atoms with Gasteiger partial charge in [-0.25, -0.2) is 9.78 Å². The number of amides is 3. The van der Waals surface area contributed by atoms with E-state index in [2.05, 4.69) is 10.3 Å². The lowest BCUT2D eigenvalue weighted by atomic mass is 10.0. The molecule has 0 spiro atoms. The van der Waals surface area contributed by atoms with Gasteiger partial charge in [-0.15, -0.1) is 0 Å². The number of hydrogen-bond donors (Lipinski definition) is 2. The van der Waals surface area contributed by atoms with Crippen LogP contribution in [0, 0.1) is 0 Å². The number of Topliss-reactive ketones (excluding diaryl/α,β-unsaturated/α-hetero) is 2. The molecule has 4 aromatic carbocycles. The number of carbonyl (C=O) groups is 4. The van der Waals surface area contributed by atoms with Crippen LogP contribution in [0.4, 0.5) is 10.5 Å². The lowest BCUT2D eigenvalue weighted by Gasteiger charge is -2.24. The van der Waals surface area contributed by atoms with Crippen LogP contribution in [0.5, 0.6) is 0 Å². The molecule has 7 rings (SSSR count). The number of carbonyl (C=O) groups excluding carboxylic acids is 4. The highest BCUT2D eigenvalue weighted by atomic mass is 16.2. The van der Waals surface area contributed by atoms with Crippen LogP contribution in [0.3, 0.4) is 0 Å². The van der Waals surface area contributed by atoms with Crippen LogP contribution in [0.1, 0.15) is 55.2 Å².